The SMILES string of the molecule is Cc1ocnc1Cn1cc(CC(N)C(=O)O)nn1. The maximum absolute atomic E-state index is 10.6. The molecular formula is C10H13N5O3. The fourth-order valence-electron chi connectivity index (χ4n) is 1.46. The maximum Gasteiger partial charge on any atom is 0.320 e. The van der Waals surface area contributed by atoms with E-state index >= 15 is 0 Å². The van der Waals surface area contributed by atoms with Gasteiger partial charge in [-0.1, -0.05) is 5.21 Å². The Labute approximate surface area is 102 Å². The van der Waals surface area contributed by atoms with Crippen molar-refractivity contribution in [1.82, 2.24) is 20.0 Å². The minimum atomic E-state index is -1.06. The third-order valence-electron chi connectivity index (χ3n) is 2.49. The topological polar surface area (TPSA) is 120 Å². The second-order valence-electron chi connectivity index (χ2n) is 3.91. The highest BCUT2D eigenvalue weighted by molar-refractivity contribution is 5.73. The molecule has 0 radical (unpaired) electrons. The number of carbonyl (C=O) groups is 1. The number of hydrogen-bond donors (Lipinski definition) is 2. The van der Waals surface area contributed by atoms with Crippen molar-refractivity contribution in [3.63, 3.8) is 0 Å². The van der Waals surface area contributed by atoms with E-state index < -0.39 is 12.0 Å². The first-order valence-electron chi connectivity index (χ1n) is 5.32. The van der Waals surface area contributed by atoms with Gasteiger partial charge in [0.2, 0.25) is 0 Å². The number of nitrogens with two attached hydrogens (primary N) is 1. The summed E-state index contributed by atoms with van der Waals surface area (Å²) in [5, 5.41) is 16.4. The zero-order chi connectivity index (χ0) is 13.1. The van der Waals surface area contributed by atoms with E-state index in [4.69, 9.17) is 15.3 Å². The molecule has 96 valence electrons. The molecule has 8 nitrogen and oxygen atoms in total. The Morgan fingerprint density at radius 2 is 2.44 bits per heavy atom. The highest BCUT2D eigenvalue weighted by Gasteiger charge is 2.14. The monoisotopic (exact) mass is 251 g/mol. The Morgan fingerprint density at radius 3 is 3.06 bits per heavy atom. The molecule has 0 aliphatic carbocycles. The van der Waals surface area contributed by atoms with Crippen molar-refractivity contribution in [3.05, 3.63) is 29.7 Å². The van der Waals surface area contributed by atoms with Crippen LogP contribution < -0.4 is 5.73 Å². The minimum absolute atomic E-state index is 0.146. The number of rotatable bonds is 5. The maximum atomic E-state index is 10.6. The molecule has 1 atom stereocenters. The highest BCUT2D eigenvalue weighted by atomic mass is 16.4. The van der Waals surface area contributed by atoms with Gasteiger partial charge in [-0.2, -0.15) is 0 Å². The third kappa shape index (κ3) is 2.72. The largest absolute Gasteiger partial charge is 0.480 e. The predicted octanol–water partition coefficient (Wildman–Crippen LogP) is -0.423. The van der Waals surface area contributed by atoms with Crippen LogP contribution in [0, 0.1) is 6.92 Å². The van der Waals surface area contributed by atoms with E-state index in [2.05, 4.69) is 15.3 Å². The zero-order valence-corrected chi connectivity index (χ0v) is 9.78. The van der Waals surface area contributed by atoms with Gasteiger partial charge in [0.15, 0.2) is 6.39 Å². The number of oxazole rings is 1. The second kappa shape index (κ2) is 4.96. The molecule has 0 aliphatic rings. The number of carboxylic acid groups (broad SMARTS) is 1. The first kappa shape index (κ1) is 12.2. The molecule has 2 heterocycles. The van der Waals surface area contributed by atoms with Crippen LogP contribution in [0.5, 0.6) is 0 Å². The Morgan fingerprint density at radius 1 is 1.67 bits per heavy atom. The lowest BCUT2D eigenvalue weighted by molar-refractivity contribution is -0.138. The van der Waals surface area contributed by atoms with Crippen molar-refractivity contribution in [2.75, 3.05) is 0 Å². The van der Waals surface area contributed by atoms with E-state index in [1.165, 1.54) is 6.39 Å². The van der Waals surface area contributed by atoms with Gasteiger partial charge in [0.25, 0.3) is 0 Å². The van der Waals surface area contributed by atoms with E-state index in [1.807, 2.05) is 0 Å². The van der Waals surface area contributed by atoms with Crippen molar-refractivity contribution < 1.29 is 14.3 Å². The molecule has 0 spiro atoms. The summed E-state index contributed by atoms with van der Waals surface area (Å²) in [4.78, 5) is 14.6. The normalized spacial score (nSPS) is 12.6. The van der Waals surface area contributed by atoms with Gasteiger partial charge in [-0.3, -0.25) is 4.79 Å². The van der Waals surface area contributed by atoms with Crippen LogP contribution in [0.4, 0.5) is 0 Å². The van der Waals surface area contributed by atoms with Gasteiger partial charge in [0.05, 0.1) is 12.2 Å². The first-order valence-corrected chi connectivity index (χ1v) is 5.32. The average molecular weight is 251 g/mol. The van der Waals surface area contributed by atoms with Gasteiger partial charge >= 0.3 is 5.97 Å². The van der Waals surface area contributed by atoms with E-state index in [0.717, 1.165) is 5.69 Å². The van der Waals surface area contributed by atoms with Crippen LogP contribution in [-0.4, -0.2) is 37.1 Å². The fraction of sp³-hybridized carbons (Fsp3) is 0.400. The van der Waals surface area contributed by atoms with E-state index in [9.17, 15) is 4.79 Å². The lowest BCUT2D eigenvalue weighted by Crippen LogP contribution is -2.32. The number of aliphatic carboxylic acids is 1. The number of aromatic nitrogens is 4. The molecular weight excluding hydrogens is 238 g/mol. The number of aryl methyl sites for hydroxylation is 1. The Bertz CT molecular complexity index is 547. The molecule has 0 aromatic carbocycles. The highest BCUT2D eigenvalue weighted by Crippen LogP contribution is 2.07. The van der Waals surface area contributed by atoms with Crippen LogP contribution in [-0.2, 0) is 17.8 Å². The molecule has 8 heteroatoms. The third-order valence-corrected chi connectivity index (χ3v) is 2.49. The van der Waals surface area contributed by atoms with Crippen molar-refractivity contribution >= 4 is 5.97 Å². The Balaban J connectivity index is 2.02. The summed E-state index contributed by atoms with van der Waals surface area (Å²) >= 11 is 0. The molecule has 1 unspecified atom stereocenters. The van der Waals surface area contributed by atoms with Crippen molar-refractivity contribution in [3.8, 4) is 0 Å². The van der Waals surface area contributed by atoms with E-state index in [-0.39, 0.29) is 6.42 Å². The Hall–Kier alpha value is -2.22. The summed E-state index contributed by atoms with van der Waals surface area (Å²) in [6.07, 6.45) is 3.16. The predicted molar refractivity (Wildman–Crippen MR) is 59.7 cm³/mol. The average Bonchev–Trinajstić information content (AvgIpc) is 2.90. The summed E-state index contributed by atoms with van der Waals surface area (Å²) < 4.78 is 6.63. The molecule has 2 rings (SSSR count). The molecule has 18 heavy (non-hydrogen) atoms. The van der Waals surface area contributed by atoms with Crippen LogP contribution in [0.2, 0.25) is 0 Å². The summed E-state index contributed by atoms with van der Waals surface area (Å²) in [5.74, 6) is -0.341. The van der Waals surface area contributed by atoms with Crippen LogP contribution in [0.1, 0.15) is 17.1 Å². The molecule has 0 amide bonds. The molecule has 2 aromatic rings. The van der Waals surface area contributed by atoms with E-state index in [0.29, 0.717) is 18.0 Å². The first-order chi connectivity index (χ1) is 8.56. The van der Waals surface area contributed by atoms with Crippen LogP contribution in [0.15, 0.2) is 17.0 Å². The molecule has 0 saturated carbocycles. The van der Waals surface area contributed by atoms with Gasteiger partial charge < -0.3 is 15.3 Å². The zero-order valence-electron chi connectivity index (χ0n) is 9.78. The lowest BCUT2D eigenvalue weighted by atomic mass is 10.2. The summed E-state index contributed by atoms with van der Waals surface area (Å²) in [5.41, 5.74) is 6.71. The van der Waals surface area contributed by atoms with Gasteiger partial charge in [0, 0.05) is 12.6 Å². The van der Waals surface area contributed by atoms with Crippen LogP contribution in [0.3, 0.4) is 0 Å². The number of carboxylic acids is 1. The summed E-state index contributed by atoms with van der Waals surface area (Å²) in [7, 11) is 0. The smallest absolute Gasteiger partial charge is 0.320 e. The molecule has 0 fully saturated rings. The quantitative estimate of drug-likeness (QED) is 0.740. The minimum Gasteiger partial charge on any atom is -0.480 e. The van der Waals surface area contributed by atoms with Crippen molar-refractivity contribution in [2.45, 2.75) is 25.9 Å². The van der Waals surface area contributed by atoms with Crippen LogP contribution in [0.25, 0.3) is 0 Å². The summed E-state index contributed by atoms with van der Waals surface area (Å²) in [6, 6.07) is -0.969. The van der Waals surface area contributed by atoms with Crippen LogP contribution >= 0.6 is 0 Å². The van der Waals surface area contributed by atoms with E-state index in [1.54, 1.807) is 17.8 Å². The molecule has 0 aliphatic heterocycles. The Kier molecular flexibility index (Phi) is 3.38. The number of hydrogen-bond acceptors (Lipinski definition) is 6. The van der Waals surface area contributed by atoms with Crippen molar-refractivity contribution in [1.29, 1.82) is 0 Å². The second-order valence-corrected chi connectivity index (χ2v) is 3.91. The van der Waals surface area contributed by atoms with Gasteiger partial charge in [-0.05, 0) is 6.92 Å². The fourth-order valence-corrected chi connectivity index (χ4v) is 1.46. The summed E-state index contributed by atoms with van der Waals surface area (Å²) in [6.45, 7) is 2.23. The van der Waals surface area contributed by atoms with Crippen molar-refractivity contribution in [2.24, 2.45) is 5.73 Å². The molecule has 2 aromatic heterocycles. The van der Waals surface area contributed by atoms with Gasteiger partial charge in [-0.15, -0.1) is 5.10 Å². The lowest BCUT2D eigenvalue weighted by Gasteiger charge is -2.01. The van der Waals surface area contributed by atoms with Gasteiger partial charge in [0.1, 0.15) is 17.5 Å². The van der Waals surface area contributed by atoms with Gasteiger partial charge in [-0.25, -0.2) is 9.67 Å². The molecule has 0 bridgehead atoms. The molecule has 3 N–H and O–H groups in total. The standard InChI is InChI=1S/C10H13N5O3/c1-6-9(12-5-18-6)4-15-3-7(13-14-15)2-8(11)10(16)17/h3,5,8H,2,4,11H2,1H3,(H,16,17). The number of nitrogens with zero attached hydrogens (tertiary/aromatic N) is 4. The molecule has 0 saturated heterocycles.